The Bertz CT molecular complexity index is 414. The zero-order chi connectivity index (χ0) is 10.9. The monoisotopic (exact) mass is 232 g/mol. The van der Waals surface area contributed by atoms with Crippen LogP contribution in [-0.2, 0) is 16.4 Å². The highest BCUT2D eigenvalue weighted by Gasteiger charge is 2.35. The highest BCUT2D eigenvalue weighted by Crippen LogP contribution is 2.13. The van der Waals surface area contributed by atoms with Gasteiger partial charge in [0.15, 0.2) is 9.84 Å². The van der Waals surface area contributed by atoms with Crippen LogP contribution in [0.1, 0.15) is 5.76 Å². The van der Waals surface area contributed by atoms with Gasteiger partial charge in [0.1, 0.15) is 5.76 Å². The fourth-order valence-corrected chi connectivity index (χ4v) is 3.36. The fourth-order valence-electron chi connectivity index (χ4n) is 1.59. The summed E-state index contributed by atoms with van der Waals surface area (Å²) in [5.41, 5.74) is 0. The van der Waals surface area contributed by atoms with Gasteiger partial charge in [0.25, 0.3) is 0 Å². The van der Waals surface area contributed by atoms with E-state index >= 15 is 0 Å². The Morgan fingerprint density at radius 2 is 2.40 bits per heavy atom. The van der Waals surface area contributed by atoms with Crippen molar-refractivity contribution in [3.8, 4) is 0 Å². The van der Waals surface area contributed by atoms with Gasteiger partial charge in [-0.25, -0.2) is 8.42 Å². The average Bonchev–Trinajstić information content (AvgIpc) is 2.70. The predicted octanol–water partition coefficient (Wildman–Crippen LogP) is -1.08. The molecule has 0 radical (unpaired) electrons. The maximum atomic E-state index is 11.2. The maximum absolute atomic E-state index is 11.2. The highest BCUT2D eigenvalue weighted by atomic mass is 32.2. The number of hydrogen-bond acceptors (Lipinski definition) is 6. The van der Waals surface area contributed by atoms with E-state index in [9.17, 15) is 13.5 Å². The number of nitrogens with one attached hydrogen (secondary N) is 1. The van der Waals surface area contributed by atoms with E-state index < -0.39 is 22.0 Å². The van der Waals surface area contributed by atoms with E-state index in [1.54, 1.807) is 6.07 Å². The first kappa shape index (κ1) is 10.6. The van der Waals surface area contributed by atoms with Crippen molar-refractivity contribution in [2.75, 3.05) is 11.5 Å². The molecule has 15 heavy (non-hydrogen) atoms. The molecule has 1 aliphatic heterocycles. The van der Waals surface area contributed by atoms with Crippen molar-refractivity contribution in [3.05, 3.63) is 18.0 Å². The predicted molar refractivity (Wildman–Crippen MR) is 51.8 cm³/mol. The van der Waals surface area contributed by atoms with Gasteiger partial charge in [-0.15, -0.1) is 0 Å². The zero-order valence-electron chi connectivity index (χ0n) is 7.96. The van der Waals surface area contributed by atoms with Crippen molar-refractivity contribution in [1.82, 2.24) is 10.5 Å². The molecule has 1 aromatic rings. The van der Waals surface area contributed by atoms with E-state index in [0.717, 1.165) is 0 Å². The third kappa shape index (κ3) is 2.55. The summed E-state index contributed by atoms with van der Waals surface area (Å²) in [6.45, 7) is 0.372. The first-order valence-electron chi connectivity index (χ1n) is 4.58. The lowest BCUT2D eigenvalue weighted by Crippen LogP contribution is -2.38. The van der Waals surface area contributed by atoms with Crippen molar-refractivity contribution < 1.29 is 18.0 Å². The molecule has 6 nitrogen and oxygen atoms in total. The summed E-state index contributed by atoms with van der Waals surface area (Å²) < 4.78 is 27.2. The molecule has 0 amide bonds. The second kappa shape index (κ2) is 3.92. The molecule has 0 aliphatic carbocycles. The van der Waals surface area contributed by atoms with Crippen LogP contribution < -0.4 is 5.32 Å². The first-order valence-corrected chi connectivity index (χ1v) is 6.40. The molecule has 1 fully saturated rings. The molecule has 84 valence electrons. The van der Waals surface area contributed by atoms with Crippen LogP contribution in [0.25, 0.3) is 0 Å². The summed E-state index contributed by atoms with van der Waals surface area (Å²) >= 11 is 0. The van der Waals surface area contributed by atoms with E-state index in [1.165, 1.54) is 6.20 Å². The summed E-state index contributed by atoms with van der Waals surface area (Å²) in [6.07, 6.45) is 0.677. The van der Waals surface area contributed by atoms with Crippen molar-refractivity contribution >= 4 is 9.84 Å². The van der Waals surface area contributed by atoms with E-state index in [4.69, 9.17) is 4.52 Å². The van der Waals surface area contributed by atoms with Crippen molar-refractivity contribution in [2.45, 2.75) is 18.7 Å². The topological polar surface area (TPSA) is 92.4 Å². The lowest BCUT2D eigenvalue weighted by molar-refractivity contribution is 0.163. The molecular formula is C8H12N2O4S. The average molecular weight is 232 g/mol. The zero-order valence-corrected chi connectivity index (χ0v) is 8.77. The number of aliphatic hydroxyl groups is 1. The lowest BCUT2D eigenvalue weighted by atomic mass is 10.2. The van der Waals surface area contributed by atoms with Crippen molar-refractivity contribution in [2.24, 2.45) is 0 Å². The Kier molecular flexibility index (Phi) is 2.76. The summed E-state index contributed by atoms with van der Waals surface area (Å²) in [5, 5.41) is 15.9. The summed E-state index contributed by atoms with van der Waals surface area (Å²) in [5.74, 6) is 0.426. The minimum absolute atomic E-state index is 0.0255. The number of rotatable bonds is 3. The van der Waals surface area contributed by atoms with Gasteiger partial charge >= 0.3 is 0 Å². The van der Waals surface area contributed by atoms with Gasteiger partial charge in [-0.2, -0.15) is 0 Å². The quantitative estimate of drug-likeness (QED) is 0.689. The van der Waals surface area contributed by atoms with Crippen LogP contribution in [0.4, 0.5) is 0 Å². The van der Waals surface area contributed by atoms with Gasteiger partial charge in [-0.05, 0) is 0 Å². The Morgan fingerprint density at radius 3 is 2.93 bits per heavy atom. The summed E-state index contributed by atoms with van der Waals surface area (Å²) in [4.78, 5) is 0. The van der Waals surface area contributed by atoms with Crippen LogP contribution in [0, 0.1) is 0 Å². The van der Waals surface area contributed by atoms with Gasteiger partial charge in [0, 0.05) is 12.1 Å². The Balaban J connectivity index is 1.91. The number of sulfone groups is 1. The third-order valence-electron chi connectivity index (χ3n) is 2.35. The molecule has 1 aromatic heterocycles. The molecule has 2 unspecified atom stereocenters. The van der Waals surface area contributed by atoms with Gasteiger partial charge in [-0.1, -0.05) is 5.16 Å². The summed E-state index contributed by atoms with van der Waals surface area (Å²) in [7, 11) is -3.09. The third-order valence-corrected chi connectivity index (χ3v) is 4.07. The second-order valence-corrected chi connectivity index (χ2v) is 5.76. The van der Waals surface area contributed by atoms with E-state index in [2.05, 4.69) is 10.5 Å². The van der Waals surface area contributed by atoms with Crippen molar-refractivity contribution in [3.63, 3.8) is 0 Å². The molecule has 7 heteroatoms. The number of aromatic nitrogens is 1. The van der Waals surface area contributed by atoms with E-state index in [-0.39, 0.29) is 11.5 Å². The van der Waals surface area contributed by atoms with E-state index in [0.29, 0.717) is 12.3 Å². The largest absolute Gasteiger partial charge is 0.390 e. The normalized spacial score (nSPS) is 29.4. The van der Waals surface area contributed by atoms with Gasteiger partial charge in [0.2, 0.25) is 0 Å². The number of aliphatic hydroxyl groups excluding tert-OH is 1. The SMILES string of the molecule is O=S1(=O)CC(O)C(NCc2ccno2)C1. The fraction of sp³-hybridized carbons (Fsp3) is 0.625. The van der Waals surface area contributed by atoms with Crippen LogP contribution in [0.3, 0.4) is 0 Å². The van der Waals surface area contributed by atoms with Gasteiger partial charge in [0.05, 0.1) is 30.4 Å². The van der Waals surface area contributed by atoms with Crippen molar-refractivity contribution in [1.29, 1.82) is 0 Å². The molecule has 0 bridgehead atoms. The molecule has 2 atom stereocenters. The molecule has 1 aliphatic rings. The van der Waals surface area contributed by atoms with E-state index in [1.807, 2.05) is 0 Å². The van der Waals surface area contributed by atoms with Gasteiger partial charge in [-0.3, -0.25) is 0 Å². The molecule has 0 aromatic carbocycles. The molecule has 0 spiro atoms. The Labute approximate surface area is 87.2 Å². The minimum atomic E-state index is -3.09. The first-order chi connectivity index (χ1) is 7.07. The van der Waals surface area contributed by atoms with Crippen LogP contribution in [0.2, 0.25) is 0 Å². The minimum Gasteiger partial charge on any atom is -0.390 e. The molecule has 0 saturated carbocycles. The number of hydrogen-bond donors (Lipinski definition) is 2. The van der Waals surface area contributed by atoms with Crippen LogP contribution in [0.15, 0.2) is 16.8 Å². The second-order valence-electron chi connectivity index (χ2n) is 3.61. The lowest BCUT2D eigenvalue weighted by Gasteiger charge is -2.12. The maximum Gasteiger partial charge on any atom is 0.154 e. The number of nitrogens with zero attached hydrogens (tertiary/aromatic N) is 1. The molecule has 2 rings (SSSR count). The Morgan fingerprint density at radius 1 is 1.60 bits per heavy atom. The Hall–Kier alpha value is -0.920. The van der Waals surface area contributed by atoms with Gasteiger partial charge < -0.3 is 14.9 Å². The van der Waals surface area contributed by atoms with Crippen LogP contribution >= 0.6 is 0 Å². The molecule has 2 N–H and O–H groups in total. The standard InChI is InChI=1S/C8H12N2O4S/c11-8-5-15(12,13)4-7(8)9-3-6-1-2-10-14-6/h1-2,7-9,11H,3-5H2. The molecule has 1 saturated heterocycles. The molecular weight excluding hydrogens is 220 g/mol. The molecule has 2 heterocycles. The van der Waals surface area contributed by atoms with Crippen LogP contribution in [-0.4, -0.2) is 42.3 Å². The highest BCUT2D eigenvalue weighted by molar-refractivity contribution is 7.91. The van der Waals surface area contributed by atoms with Crippen LogP contribution in [0.5, 0.6) is 0 Å². The smallest absolute Gasteiger partial charge is 0.154 e. The summed E-state index contributed by atoms with van der Waals surface area (Å²) in [6, 6.07) is 1.27.